The Morgan fingerprint density at radius 1 is 1.03 bits per heavy atom. The zero-order chi connectivity index (χ0) is 23.0. The van der Waals surface area contributed by atoms with Gasteiger partial charge in [0.25, 0.3) is 0 Å². The van der Waals surface area contributed by atoms with E-state index in [0.29, 0.717) is 6.42 Å². The molecular weight excluding hydrogens is 406 g/mol. The lowest BCUT2D eigenvalue weighted by molar-refractivity contribution is -0.0278. The van der Waals surface area contributed by atoms with Crippen LogP contribution in [0.4, 0.5) is 0 Å². The van der Waals surface area contributed by atoms with Crippen LogP contribution in [0.5, 0.6) is 0 Å². The molecule has 174 valence electrons. The summed E-state index contributed by atoms with van der Waals surface area (Å²) in [5.41, 5.74) is 6.06. The summed E-state index contributed by atoms with van der Waals surface area (Å²) in [5, 5.41) is 0. The number of ether oxygens (including phenoxy) is 1. The molecule has 4 rings (SSSR count). The first-order valence-corrected chi connectivity index (χ1v) is 12.5. The van der Waals surface area contributed by atoms with Crippen molar-refractivity contribution >= 4 is 5.78 Å². The van der Waals surface area contributed by atoms with Crippen LogP contribution in [0.2, 0.25) is 0 Å². The predicted molar refractivity (Wildman–Crippen MR) is 136 cm³/mol. The molecule has 1 heterocycles. The molecule has 0 radical (unpaired) electrons. The summed E-state index contributed by atoms with van der Waals surface area (Å²) in [5.74, 6) is 0.253. The fourth-order valence-corrected chi connectivity index (χ4v) is 4.88. The number of Topliss-reactive ketones (excluding diaryl/α,β-unsaturated/α-hetero) is 1. The van der Waals surface area contributed by atoms with Crippen molar-refractivity contribution in [3.8, 4) is 0 Å². The van der Waals surface area contributed by atoms with Crippen LogP contribution < -0.4 is 0 Å². The third-order valence-corrected chi connectivity index (χ3v) is 6.98. The number of carbonyl (C=O) groups excluding carboxylic acids is 1. The molecule has 1 aliphatic carbocycles. The molecule has 2 aromatic rings. The maximum atomic E-state index is 12.4. The molecule has 33 heavy (non-hydrogen) atoms. The maximum Gasteiger partial charge on any atom is 0.162 e. The molecule has 1 aliphatic heterocycles. The molecule has 0 bridgehead atoms. The monoisotopic (exact) mass is 443 g/mol. The van der Waals surface area contributed by atoms with Crippen LogP contribution in [0.3, 0.4) is 0 Å². The number of nitrogens with zero attached hydrogens (tertiary/aromatic N) is 1. The quantitative estimate of drug-likeness (QED) is 0.397. The lowest BCUT2D eigenvalue weighted by atomic mass is 9.91. The van der Waals surface area contributed by atoms with Crippen molar-refractivity contribution in [3.05, 3.63) is 94.6 Å². The average molecular weight is 444 g/mol. The van der Waals surface area contributed by atoms with Crippen molar-refractivity contribution in [1.29, 1.82) is 0 Å². The van der Waals surface area contributed by atoms with Crippen LogP contribution in [-0.2, 0) is 4.74 Å². The van der Waals surface area contributed by atoms with Crippen LogP contribution in [0.25, 0.3) is 0 Å². The Morgan fingerprint density at radius 3 is 2.45 bits per heavy atom. The van der Waals surface area contributed by atoms with Crippen LogP contribution in [0.1, 0.15) is 73.0 Å². The summed E-state index contributed by atoms with van der Waals surface area (Å²) < 4.78 is 6.76. The molecule has 0 N–H and O–H groups in total. The van der Waals surface area contributed by atoms with Gasteiger partial charge >= 0.3 is 0 Å². The summed E-state index contributed by atoms with van der Waals surface area (Å²) in [7, 11) is 0. The van der Waals surface area contributed by atoms with Gasteiger partial charge in [-0.05, 0) is 63.6 Å². The summed E-state index contributed by atoms with van der Waals surface area (Å²) >= 11 is 0. The zero-order valence-electron chi connectivity index (χ0n) is 20.1. The van der Waals surface area contributed by atoms with E-state index in [1.807, 2.05) is 31.2 Å². The molecule has 0 amide bonds. The number of ketones is 1. The molecule has 0 aromatic heterocycles. The summed E-state index contributed by atoms with van der Waals surface area (Å²) in [6.07, 6.45) is 10.7. The Morgan fingerprint density at radius 2 is 1.76 bits per heavy atom. The Bertz CT molecular complexity index is 966. The van der Waals surface area contributed by atoms with Crippen molar-refractivity contribution in [1.82, 2.24) is 4.90 Å². The second-order valence-electron chi connectivity index (χ2n) is 9.54. The molecule has 3 heteroatoms. The van der Waals surface area contributed by atoms with Gasteiger partial charge in [0.15, 0.2) is 5.78 Å². The van der Waals surface area contributed by atoms with Crippen LogP contribution in [0.15, 0.2) is 77.9 Å². The van der Waals surface area contributed by atoms with E-state index in [-0.39, 0.29) is 18.0 Å². The number of benzene rings is 2. The largest absolute Gasteiger partial charge is 0.365 e. The van der Waals surface area contributed by atoms with E-state index < -0.39 is 0 Å². The fourth-order valence-electron chi connectivity index (χ4n) is 4.88. The zero-order valence-corrected chi connectivity index (χ0v) is 20.1. The van der Waals surface area contributed by atoms with Gasteiger partial charge in [0.05, 0.1) is 6.10 Å². The molecule has 2 aromatic carbocycles. The molecule has 0 spiro atoms. The van der Waals surface area contributed by atoms with Gasteiger partial charge in [0.2, 0.25) is 0 Å². The molecule has 1 fully saturated rings. The average Bonchev–Trinajstić information content (AvgIpc) is 2.85. The van der Waals surface area contributed by atoms with Crippen LogP contribution >= 0.6 is 0 Å². The van der Waals surface area contributed by atoms with Gasteiger partial charge < -0.3 is 9.64 Å². The standard InChI is InChI=1S/C30H37NO2/c1-23-14-16-25(17-15-23)29(32)13-8-20-31-21-18-27(19-22-31)33-30(26-10-4-3-5-11-26)28-12-7-6-9-24(28)2/h3-5,7,10-12,14-17,27,30H,6,8-9,13,18-22H2,1-2H3. The minimum atomic E-state index is 0.0198. The number of aryl methyl sites for hydroxylation is 1. The van der Waals surface area contributed by atoms with E-state index >= 15 is 0 Å². The summed E-state index contributed by atoms with van der Waals surface area (Å²) in [6, 6.07) is 18.6. The molecule has 2 aliphatic rings. The van der Waals surface area contributed by atoms with Gasteiger partial charge in [0.1, 0.15) is 6.10 Å². The highest BCUT2D eigenvalue weighted by Crippen LogP contribution is 2.35. The van der Waals surface area contributed by atoms with Gasteiger partial charge in [-0.1, -0.05) is 77.9 Å². The lowest BCUT2D eigenvalue weighted by Gasteiger charge is -2.35. The molecule has 1 saturated heterocycles. The predicted octanol–water partition coefficient (Wildman–Crippen LogP) is 6.85. The molecule has 1 unspecified atom stereocenters. The number of likely N-dealkylation sites (tertiary alicyclic amines) is 1. The van der Waals surface area contributed by atoms with E-state index in [0.717, 1.165) is 57.3 Å². The second-order valence-corrected chi connectivity index (χ2v) is 9.54. The van der Waals surface area contributed by atoms with Gasteiger partial charge in [-0.3, -0.25) is 4.79 Å². The van der Waals surface area contributed by atoms with Crippen molar-refractivity contribution in [3.63, 3.8) is 0 Å². The number of rotatable bonds is 9. The third-order valence-electron chi connectivity index (χ3n) is 6.98. The smallest absolute Gasteiger partial charge is 0.162 e. The first-order valence-electron chi connectivity index (χ1n) is 12.5. The second kappa shape index (κ2) is 11.6. The van der Waals surface area contributed by atoms with Crippen molar-refractivity contribution in [2.45, 2.75) is 64.6 Å². The Labute approximate surface area is 199 Å². The number of allylic oxidation sites excluding steroid dienone is 2. The summed E-state index contributed by atoms with van der Waals surface area (Å²) in [4.78, 5) is 14.9. The normalized spacial score (nSPS) is 18.5. The highest BCUT2D eigenvalue weighted by Gasteiger charge is 2.26. The van der Waals surface area contributed by atoms with Gasteiger partial charge in [-0.2, -0.15) is 0 Å². The van der Waals surface area contributed by atoms with Gasteiger partial charge in [-0.25, -0.2) is 0 Å². The van der Waals surface area contributed by atoms with Gasteiger partial charge in [-0.15, -0.1) is 0 Å². The van der Waals surface area contributed by atoms with E-state index in [1.165, 1.54) is 22.3 Å². The minimum absolute atomic E-state index is 0.0198. The van der Waals surface area contributed by atoms with E-state index in [1.54, 1.807) is 0 Å². The van der Waals surface area contributed by atoms with Crippen molar-refractivity contribution in [2.24, 2.45) is 0 Å². The maximum absolute atomic E-state index is 12.4. The summed E-state index contributed by atoms with van der Waals surface area (Å²) in [6.45, 7) is 7.36. The number of hydrogen-bond acceptors (Lipinski definition) is 3. The number of hydrogen-bond donors (Lipinski definition) is 0. The topological polar surface area (TPSA) is 29.5 Å². The van der Waals surface area contributed by atoms with E-state index in [4.69, 9.17) is 4.74 Å². The van der Waals surface area contributed by atoms with Crippen LogP contribution in [0, 0.1) is 6.92 Å². The third kappa shape index (κ3) is 6.52. The minimum Gasteiger partial charge on any atom is -0.365 e. The lowest BCUT2D eigenvalue weighted by Crippen LogP contribution is -2.38. The van der Waals surface area contributed by atoms with Gasteiger partial charge in [0, 0.05) is 25.1 Å². The first kappa shape index (κ1) is 23.7. The fraction of sp³-hybridized carbons (Fsp3) is 0.433. The molecule has 0 saturated carbocycles. The number of carbonyl (C=O) groups is 1. The number of piperidine rings is 1. The molecule has 3 nitrogen and oxygen atoms in total. The van der Waals surface area contributed by atoms with E-state index in [2.05, 4.69) is 54.3 Å². The van der Waals surface area contributed by atoms with E-state index in [9.17, 15) is 4.79 Å². The SMILES string of the molecule is CC1=C(C(OC2CCN(CCCC(=O)c3ccc(C)cc3)CC2)c2ccccc2)C=CCC1. The highest BCUT2D eigenvalue weighted by molar-refractivity contribution is 5.96. The van der Waals surface area contributed by atoms with Crippen molar-refractivity contribution < 1.29 is 9.53 Å². The Hall–Kier alpha value is -2.49. The van der Waals surface area contributed by atoms with Crippen LogP contribution in [-0.4, -0.2) is 36.4 Å². The first-order chi connectivity index (χ1) is 16.1. The molecule has 1 atom stereocenters. The van der Waals surface area contributed by atoms with Crippen molar-refractivity contribution in [2.75, 3.05) is 19.6 Å². The Balaban J connectivity index is 1.27. The highest BCUT2D eigenvalue weighted by atomic mass is 16.5. The molecular formula is C30H37NO2. The Kier molecular flexibility index (Phi) is 8.30.